The minimum absolute atomic E-state index is 0.263. The van der Waals surface area contributed by atoms with Crippen LogP contribution >= 0.6 is 0 Å². The van der Waals surface area contributed by atoms with E-state index in [9.17, 15) is 0 Å². The van der Waals surface area contributed by atoms with Crippen molar-refractivity contribution >= 4 is 5.88 Å². The fraction of sp³-hybridized carbons (Fsp3) is 0.0667. The summed E-state index contributed by atoms with van der Waals surface area (Å²) in [6.45, 7) is 0. The minimum atomic E-state index is 0.263. The quantitative estimate of drug-likeness (QED) is 0.789. The van der Waals surface area contributed by atoms with E-state index >= 15 is 0 Å². The van der Waals surface area contributed by atoms with Gasteiger partial charge in [-0.05, 0) is 29.8 Å². The largest absolute Gasteiger partial charge is 0.497 e. The number of rotatable bonds is 3. The van der Waals surface area contributed by atoms with Gasteiger partial charge in [0.25, 0.3) is 0 Å². The molecule has 2 aromatic heterocycles. The van der Waals surface area contributed by atoms with Gasteiger partial charge in [0.05, 0.1) is 18.4 Å². The highest BCUT2D eigenvalue weighted by atomic mass is 16.5. The fourth-order valence-electron chi connectivity index (χ4n) is 2.04. The summed E-state index contributed by atoms with van der Waals surface area (Å²) in [5.41, 5.74) is 8.84. The Balaban J connectivity index is 2.16. The predicted molar refractivity (Wildman–Crippen MR) is 76.1 cm³/mol. The highest BCUT2D eigenvalue weighted by Crippen LogP contribution is 2.36. The van der Waals surface area contributed by atoms with Crippen molar-refractivity contribution in [2.75, 3.05) is 12.8 Å². The zero-order valence-corrected chi connectivity index (χ0v) is 10.9. The van der Waals surface area contributed by atoms with Crippen molar-refractivity contribution in [3.63, 3.8) is 0 Å². The number of aromatic nitrogens is 2. The first kappa shape index (κ1) is 12.2. The van der Waals surface area contributed by atoms with E-state index in [2.05, 4.69) is 10.1 Å². The number of methoxy groups -OCH3 is 1. The maximum atomic E-state index is 5.90. The average molecular weight is 267 g/mol. The molecule has 3 rings (SSSR count). The van der Waals surface area contributed by atoms with Crippen molar-refractivity contribution in [2.24, 2.45) is 0 Å². The molecule has 0 aliphatic heterocycles. The Hall–Kier alpha value is -2.82. The van der Waals surface area contributed by atoms with E-state index in [0.717, 1.165) is 16.9 Å². The maximum absolute atomic E-state index is 5.90. The molecule has 0 bridgehead atoms. The number of hydrogen-bond donors (Lipinski definition) is 1. The zero-order valence-electron chi connectivity index (χ0n) is 10.9. The summed E-state index contributed by atoms with van der Waals surface area (Å²) in [7, 11) is 1.62. The van der Waals surface area contributed by atoms with Crippen molar-refractivity contribution in [3.05, 3.63) is 48.7 Å². The van der Waals surface area contributed by atoms with E-state index in [0.29, 0.717) is 11.4 Å². The minimum Gasteiger partial charge on any atom is -0.497 e. The molecule has 2 N–H and O–H groups in total. The van der Waals surface area contributed by atoms with Gasteiger partial charge in [-0.3, -0.25) is 4.98 Å². The Morgan fingerprint density at radius 1 is 1.15 bits per heavy atom. The van der Waals surface area contributed by atoms with Gasteiger partial charge in [-0.15, -0.1) is 0 Å². The number of hydrogen-bond acceptors (Lipinski definition) is 5. The van der Waals surface area contributed by atoms with Crippen LogP contribution in [0.15, 0.2) is 53.2 Å². The summed E-state index contributed by atoms with van der Waals surface area (Å²) in [5, 5.41) is 4.01. The second-order valence-electron chi connectivity index (χ2n) is 4.22. The molecule has 20 heavy (non-hydrogen) atoms. The number of benzene rings is 1. The van der Waals surface area contributed by atoms with Gasteiger partial charge in [-0.2, -0.15) is 0 Å². The first-order valence-corrected chi connectivity index (χ1v) is 6.10. The van der Waals surface area contributed by atoms with E-state index in [1.807, 2.05) is 42.5 Å². The van der Waals surface area contributed by atoms with Gasteiger partial charge in [-0.25, -0.2) is 0 Å². The Morgan fingerprint density at radius 3 is 2.80 bits per heavy atom. The molecule has 1 aromatic carbocycles. The standard InChI is InChI=1S/C15H13N3O2/c1-19-11-6-4-5-10(9-11)13-14(18-20-15(13)16)12-7-2-3-8-17-12/h2-9H,16H2,1H3. The lowest BCUT2D eigenvalue weighted by Crippen LogP contribution is -1.90. The smallest absolute Gasteiger partial charge is 0.230 e. The summed E-state index contributed by atoms with van der Waals surface area (Å²) in [6.07, 6.45) is 1.70. The fourth-order valence-corrected chi connectivity index (χ4v) is 2.04. The van der Waals surface area contributed by atoms with E-state index in [-0.39, 0.29) is 5.88 Å². The maximum Gasteiger partial charge on any atom is 0.230 e. The third kappa shape index (κ3) is 2.09. The van der Waals surface area contributed by atoms with Crippen molar-refractivity contribution in [1.82, 2.24) is 10.1 Å². The summed E-state index contributed by atoms with van der Waals surface area (Å²) < 4.78 is 10.4. The van der Waals surface area contributed by atoms with Crippen LogP contribution in [0.25, 0.3) is 22.5 Å². The van der Waals surface area contributed by atoms with E-state index in [1.165, 1.54) is 0 Å². The first-order valence-electron chi connectivity index (χ1n) is 6.10. The van der Waals surface area contributed by atoms with Crippen molar-refractivity contribution < 1.29 is 9.26 Å². The van der Waals surface area contributed by atoms with Crippen LogP contribution in [0.5, 0.6) is 5.75 Å². The van der Waals surface area contributed by atoms with Crippen LogP contribution in [0.3, 0.4) is 0 Å². The SMILES string of the molecule is COc1cccc(-c2c(-c3ccccn3)noc2N)c1. The van der Waals surface area contributed by atoms with Crippen molar-refractivity contribution in [1.29, 1.82) is 0 Å². The summed E-state index contributed by atoms with van der Waals surface area (Å²) in [6, 6.07) is 13.2. The van der Waals surface area contributed by atoms with Gasteiger partial charge in [0, 0.05) is 6.20 Å². The highest BCUT2D eigenvalue weighted by molar-refractivity contribution is 5.86. The van der Waals surface area contributed by atoms with Gasteiger partial charge >= 0.3 is 0 Å². The third-order valence-corrected chi connectivity index (χ3v) is 2.98. The number of nitrogen functional groups attached to an aromatic ring is 1. The molecule has 0 radical (unpaired) electrons. The monoisotopic (exact) mass is 267 g/mol. The molecule has 0 atom stereocenters. The summed E-state index contributed by atoms with van der Waals surface area (Å²) in [4.78, 5) is 4.28. The summed E-state index contributed by atoms with van der Waals surface area (Å²) >= 11 is 0. The first-order chi connectivity index (χ1) is 9.79. The Labute approximate surface area is 116 Å². The van der Waals surface area contributed by atoms with Gasteiger partial charge in [0.15, 0.2) is 0 Å². The normalized spacial score (nSPS) is 10.4. The number of nitrogens with zero attached hydrogens (tertiary/aromatic N) is 2. The Morgan fingerprint density at radius 2 is 2.05 bits per heavy atom. The molecule has 5 nitrogen and oxygen atoms in total. The molecule has 0 spiro atoms. The molecule has 3 aromatic rings. The second kappa shape index (κ2) is 5.05. The molecule has 0 aliphatic rings. The van der Waals surface area contributed by atoms with Gasteiger partial charge in [-0.1, -0.05) is 23.4 Å². The van der Waals surface area contributed by atoms with Crippen LogP contribution in [0.4, 0.5) is 5.88 Å². The molecule has 0 fully saturated rings. The van der Waals surface area contributed by atoms with E-state index < -0.39 is 0 Å². The average Bonchev–Trinajstić information content (AvgIpc) is 2.90. The van der Waals surface area contributed by atoms with Crippen LogP contribution in [0.1, 0.15) is 0 Å². The molecule has 0 aliphatic carbocycles. The number of pyridine rings is 1. The molecule has 2 heterocycles. The summed E-state index contributed by atoms with van der Waals surface area (Å²) in [5.74, 6) is 1.01. The number of nitrogens with two attached hydrogens (primary N) is 1. The van der Waals surface area contributed by atoms with E-state index in [1.54, 1.807) is 13.3 Å². The Bertz CT molecular complexity index is 723. The van der Waals surface area contributed by atoms with Crippen LogP contribution < -0.4 is 10.5 Å². The molecule has 0 saturated heterocycles. The molecular formula is C15H13N3O2. The second-order valence-corrected chi connectivity index (χ2v) is 4.22. The van der Waals surface area contributed by atoms with E-state index in [4.69, 9.17) is 15.0 Å². The topological polar surface area (TPSA) is 74.2 Å². The van der Waals surface area contributed by atoms with Crippen LogP contribution in [0.2, 0.25) is 0 Å². The van der Waals surface area contributed by atoms with Gasteiger partial charge < -0.3 is 15.0 Å². The van der Waals surface area contributed by atoms with Crippen molar-refractivity contribution in [3.8, 4) is 28.3 Å². The molecule has 5 heteroatoms. The molecule has 100 valence electrons. The van der Waals surface area contributed by atoms with Crippen LogP contribution in [-0.4, -0.2) is 17.3 Å². The lowest BCUT2D eigenvalue weighted by atomic mass is 10.0. The van der Waals surface area contributed by atoms with Gasteiger partial charge in [0.2, 0.25) is 5.88 Å². The molecule has 0 unspecified atom stereocenters. The Kier molecular flexibility index (Phi) is 3.09. The van der Waals surface area contributed by atoms with Crippen molar-refractivity contribution in [2.45, 2.75) is 0 Å². The van der Waals surface area contributed by atoms with Gasteiger partial charge in [0.1, 0.15) is 11.4 Å². The predicted octanol–water partition coefficient (Wildman–Crippen LogP) is 2.99. The lowest BCUT2D eigenvalue weighted by molar-refractivity contribution is 0.415. The molecular weight excluding hydrogens is 254 g/mol. The van der Waals surface area contributed by atoms with Crippen LogP contribution in [0, 0.1) is 0 Å². The zero-order chi connectivity index (χ0) is 13.9. The lowest BCUT2D eigenvalue weighted by Gasteiger charge is -2.04. The molecule has 0 saturated carbocycles. The third-order valence-electron chi connectivity index (χ3n) is 2.98. The highest BCUT2D eigenvalue weighted by Gasteiger charge is 2.18. The number of ether oxygens (including phenoxy) is 1. The van der Waals surface area contributed by atoms with Crippen LogP contribution in [-0.2, 0) is 0 Å². The molecule has 0 amide bonds. The number of anilines is 1.